The molecule has 0 bridgehead atoms. The van der Waals surface area contributed by atoms with E-state index in [1.807, 2.05) is 29.2 Å². The van der Waals surface area contributed by atoms with Gasteiger partial charge in [-0.25, -0.2) is 14.4 Å². The van der Waals surface area contributed by atoms with Crippen LogP contribution in [-0.2, 0) is 21.5 Å². The Bertz CT molecular complexity index is 1150. The van der Waals surface area contributed by atoms with Crippen molar-refractivity contribution in [2.24, 2.45) is 5.92 Å². The maximum Gasteiger partial charge on any atom is 0.343 e. The summed E-state index contributed by atoms with van der Waals surface area (Å²) >= 11 is 0. The number of carbonyl (C=O) groups excluding carboxylic acids is 3. The molecule has 1 fully saturated rings. The maximum absolute atomic E-state index is 13.2. The number of rotatable bonds is 4. The number of aromatic nitrogens is 2. The van der Waals surface area contributed by atoms with Crippen LogP contribution in [0.15, 0.2) is 30.5 Å². The maximum atomic E-state index is 13.2. The lowest BCUT2D eigenvalue weighted by Gasteiger charge is -2.42. The lowest BCUT2D eigenvalue weighted by molar-refractivity contribution is -0.149. The fourth-order valence-electron chi connectivity index (χ4n) is 5.75. The third-order valence-corrected chi connectivity index (χ3v) is 7.55. The van der Waals surface area contributed by atoms with Crippen molar-refractivity contribution >= 4 is 23.7 Å². The molecule has 192 valence electrons. The van der Waals surface area contributed by atoms with Crippen LogP contribution in [0.2, 0.25) is 0 Å². The van der Waals surface area contributed by atoms with E-state index in [9.17, 15) is 14.4 Å². The van der Waals surface area contributed by atoms with Crippen molar-refractivity contribution in [2.45, 2.75) is 50.9 Å². The van der Waals surface area contributed by atoms with Crippen LogP contribution in [0, 0.1) is 5.92 Å². The molecule has 0 saturated carbocycles. The van der Waals surface area contributed by atoms with E-state index in [0.29, 0.717) is 26.2 Å². The molecule has 36 heavy (non-hydrogen) atoms. The van der Waals surface area contributed by atoms with Crippen LogP contribution in [-0.4, -0.2) is 70.9 Å². The topological polar surface area (TPSA) is 132 Å². The molecule has 2 aromatic rings. The minimum atomic E-state index is -0.905. The quantitative estimate of drug-likeness (QED) is 0.482. The minimum Gasteiger partial charge on any atom is -0.466 e. The van der Waals surface area contributed by atoms with Gasteiger partial charge in [0.1, 0.15) is 0 Å². The molecular formula is C25H33N7O4. The zero-order chi connectivity index (χ0) is 25.4. The number of anilines is 1. The van der Waals surface area contributed by atoms with Crippen LogP contribution in [0.4, 0.5) is 15.3 Å². The standard InChI is InChI=1S/C25H33N7O4/c1-25(2)14-32(13-16-12-26-30-20(16)25)21(22(33)36-3)29-24(35)31-10-8-15(9-11-31)19-17-6-4-5-7-18(17)27-23(34)28-19/h4-7,12,15,19,21H,8-11,13-14H2,1-3H3,(H,26,30)(H,29,35)(H2,27,28,34). The van der Waals surface area contributed by atoms with Gasteiger partial charge < -0.3 is 25.6 Å². The molecule has 1 aromatic carbocycles. The number of methoxy groups -OCH3 is 1. The van der Waals surface area contributed by atoms with Crippen LogP contribution in [0.25, 0.3) is 0 Å². The second-order valence-electron chi connectivity index (χ2n) is 10.4. The molecule has 5 rings (SSSR count). The molecule has 4 N–H and O–H groups in total. The SMILES string of the molecule is COC(=O)C(NC(=O)N1CCC(C2NC(=O)Nc3ccccc32)CC1)N1Cc2cn[nH]c2C(C)(C)C1. The van der Waals surface area contributed by atoms with Gasteiger partial charge in [0.05, 0.1) is 19.3 Å². The molecule has 0 radical (unpaired) electrons. The number of piperidine rings is 1. The molecular weight excluding hydrogens is 462 g/mol. The number of H-pyrrole nitrogens is 1. The normalized spacial score (nSPS) is 22.5. The van der Waals surface area contributed by atoms with Crippen molar-refractivity contribution in [2.75, 3.05) is 32.1 Å². The molecule has 1 aromatic heterocycles. The third kappa shape index (κ3) is 4.50. The Kier molecular flexibility index (Phi) is 6.33. The van der Waals surface area contributed by atoms with Gasteiger partial charge in [-0.2, -0.15) is 5.10 Å². The van der Waals surface area contributed by atoms with E-state index in [-0.39, 0.29) is 29.4 Å². The highest BCUT2D eigenvalue weighted by Crippen LogP contribution is 2.37. The summed E-state index contributed by atoms with van der Waals surface area (Å²) in [5.41, 5.74) is 3.67. The van der Waals surface area contributed by atoms with E-state index in [4.69, 9.17) is 4.74 Å². The van der Waals surface area contributed by atoms with Gasteiger partial charge in [0, 0.05) is 48.5 Å². The van der Waals surface area contributed by atoms with Gasteiger partial charge in [0.2, 0.25) is 0 Å². The largest absolute Gasteiger partial charge is 0.466 e. The average molecular weight is 496 g/mol. The zero-order valence-corrected chi connectivity index (χ0v) is 20.8. The summed E-state index contributed by atoms with van der Waals surface area (Å²) < 4.78 is 5.05. The first-order chi connectivity index (χ1) is 17.3. The van der Waals surface area contributed by atoms with E-state index in [2.05, 4.69) is 40.0 Å². The zero-order valence-electron chi connectivity index (χ0n) is 20.8. The van der Waals surface area contributed by atoms with Gasteiger partial charge in [-0.1, -0.05) is 32.0 Å². The number of fused-ring (bicyclic) bond motifs is 2. The molecule has 11 nitrogen and oxygen atoms in total. The van der Waals surface area contributed by atoms with Gasteiger partial charge in [-0.3, -0.25) is 10.00 Å². The average Bonchev–Trinajstić information content (AvgIpc) is 3.36. The number of esters is 1. The highest BCUT2D eigenvalue weighted by molar-refractivity contribution is 5.93. The summed E-state index contributed by atoms with van der Waals surface area (Å²) in [5, 5.41) is 16.1. The number of ether oxygens (including phenoxy) is 1. The number of hydrogen-bond donors (Lipinski definition) is 4. The lowest BCUT2D eigenvalue weighted by Crippen LogP contribution is -2.60. The number of nitrogens with zero attached hydrogens (tertiary/aromatic N) is 3. The number of nitrogens with one attached hydrogen (secondary N) is 4. The molecule has 2 unspecified atom stereocenters. The highest BCUT2D eigenvalue weighted by atomic mass is 16.5. The van der Waals surface area contributed by atoms with E-state index >= 15 is 0 Å². The molecule has 3 aliphatic rings. The number of likely N-dealkylation sites (tertiary alicyclic amines) is 1. The Morgan fingerprint density at radius 2 is 1.97 bits per heavy atom. The molecule has 2 atom stereocenters. The van der Waals surface area contributed by atoms with Crippen LogP contribution in [0.3, 0.4) is 0 Å². The first-order valence-electron chi connectivity index (χ1n) is 12.3. The minimum absolute atomic E-state index is 0.0947. The van der Waals surface area contributed by atoms with Crippen molar-refractivity contribution in [1.82, 2.24) is 30.6 Å². The van der Waals surface area contributed by atoms with Gasteiger partial charge in [-0.15, -0.1) is 0 Å². The second kappa shape index (κ2) is 9.45. The predicted octanol–water partition coefficient (Wildman–Crippen LogP) is 2.30. The number of urea groups is 2. The summed E-state index contributed by atoms with van der Waals surface area (Å²) in [6.45, 7) is 6.25. The van der Waals surface area contributed by atoms with Gasteiger partial charge in [0.25, 0.3) is 0 Å². The van der Waals surface area contributed by atoms with Crippen molar-refractivity contribution in [1.29, 1.82) is 0 Å². The Morgan fingerprint density at radius 3 is 2.72 bits per heavy atom. The molecule has 4 heterocycles. The Morgan fingerprint density at radius 1 is 1.22 bits per heavy atom. The molecule has 3 aliphatic heterocycles. The fourth-order valence-corrected chi connectivity index (χ4v) is 5.75. The summed E-state index contributed by atoms with van der Waals surface area (Å²) in [6, 6.07) is 7.21. The highest BCUT2D eigenvalue weighted by Gasteiger charge is 2.41. The third-order valence-electron chi connectivity index (χ3n) is 7.55. The van der Waals surface area contributed by atoms with Crippen LogP contribution < -0.4 is 16.0 Å². The number of para-hydroxylation sites is 1. The number of hydrogen-bond acceptors (Lipinski definition) is 6. The van der Waals surface area contributed by atoms with Gasteiger partial charge in [0.15, 0.2) is 6.17 Å². The summed E-state index contributed by atoms with van der Waals surface area (Å²) in [6.07, 6.45) is 2.34. The Labute approximate surface area is 209 Å². The summed E-state index contributed by atoms with van der Waals surface area (Å²) in [4.78, 5) is 41.8. The van der Waals surface area contributed by atoms with Crippen LogP contribution in [0.5, 0.6) is 0 Å². The van der Waals surface area contributed by atoms with Crippen LogP contribution >= 0.6 is 0 Å². The monoisotopic (exact) mass is 495 g/mol. The Balaban J connectivity index is 1.24. The molecule has 0 spiro atoms. The molecule has 11 heteroatoms. The van der Waals surface area contributed by atoms with Crippen LogP contribution in [0.1, 0.15) is 49.6 Å². The number of carbonyl (C=O) groups is 3. The van der Waals surface area contributed by atoms with Crippen molar-refractivity contribution in [3.8, 4) is 0 Å². The van der Waals surface area contributed by atoms with E-state index in [1.54, 1.807) is 11.1 Å². The van der Waals surface area contributed by atoms with Crippen molar-refractivity contribution < 1.29 is 19.1 Å². The lowest BCUT2D eigenvalue weighted by atomic mass is 9.83. The predicted molar refractivity (Wildman–Crippen MR) is 132 cm³/mol. The van der Waals surface area contributed by atoms with Gasteiger partial charge in [-0.05, 0) is 30.4 Å². The molecule has 1 saturated heterocycles. The number of benzene rings is 1. The summed E-state index contributed by atoms with van der Waals surface area (Å²) in [5.74, 6) is -0.296. The van der Waals surface area contributed by atoms with Gasteiger partial charge >= 0.3 is 18.0 Å². The smallest absolute Gasteiger partial charge is 0.343 e. The fraction of sp³-hybridized carbons (Fsp3) is 0.520. The summed E-state index contributed by atoms with van der Waals surface area (Å²) in [7, 11) is 1.33. The molecule has 0 aliphatic carbocycles. The van der Waals surface area contributed by atoms with E-state index in [1.165, 1.54) is 7.11 Å². The Hall–Kier alpha value is -3.60. The molecule has 4 amide bonds. The number of amides is 4. The number of aromatic amines is 1. The van der Waals surface area contributed by atoms with Crippen molar-refractivity contribution in [3.05, 3.63) is 47.3 Å². The first kappa shape index (κ1) is 24.1. The second-order valence-corrected chi connectivity index (χ2v) is 10.4. The van der Waals surface area contributed by atoms with E-state index < -0.39 is 12.1 Å². The van der Waals surface area contributed by atoms with Crippen molar-refractivity contribution in [3.63, 3.8) is 0 Å². The first-order valence-corrected chi connectivity index (χ1v) is 12.3. The van der Waals surface area contributed by atoms with E-state index in [0.717, 1.165) is 35.3 Å².